The number of imide groups is 1. The van der Waals surface area contributed by atoms with E-state index in [9.17, 15) is 9.59 Å². The second kappa shape index (κ2) is 7.88. The molecule has 1 atom stereocenters. The monoisotopic (exact) mass is 333 g/mol. The van der Waals surface area contributed by atoms with E-state index in [-0.39, 0.29) is 17.9 Å². The van der Waals surface area contributed by atoms with Gasteiger partial charge in [0.1, 0.15) is 32.7 Å². The van der Waals surface area contributed by atoms with Crippen LogP contribution in [0, 0.1) is 0 Å². The van der Waals surface area contributed by atoms with E-state index in [0.29, 0.717) is 19.6 Å². The Hall–Kier alpha value is -1.76. The lowest BCUT2D eigenvalue weighted by Gasteiger charge is -2.32. The molecule has 0 saturated carbocycles. The number of amides is 2. The highest BCUT2D eigenvalue weighted by Crippen LogP contribution is 2.10. The van der Waals surface area contributed by atoms with Gasteiger partial charge in [0.2, 0.25) is 5.91 Å². The molecule has 2 heterocycles. The van der Waals surface area contributed by atoms with E-state index >= 15 is 0 Å². The first kappa shape index (κ1) is 17.1. The maximum Gasteiger partial charge on any atom is 0.288 e. The number of likely N-dealkylation sites (tertiary alicyclic amines) is 1. The lowest BCUT2D eigenvalue weighted by atomic mass is 10.1. The molecule has 2 aliphatic heterocycles. The average Bonchev–Trinajstić information content (AvgIpc) is 2.89. The van der Waals surface area contributed by atoms with Crippen LogP contribution < -0.4 is 9.80 Å². The molecule has 0 aromatic heterocycles. The van der Waals surface area contributed by atoms with E-state index < -0.39 is 0 Å². The predicted molar refractivity (Wildman–Crippen MR) is 88.5 cm³/mol. The van der Waals surface area contributed by atoms with E-state index in [0.717, 1.165) is 32.7 Å². The number of quaternary nitrogens is 2. The standard InChI is InChI=1S/C18H25N3O3/c1-24-12-11-21-17(22)13-16(18(21)23)20-9-7-19(8-10-20)14-15-5-3-2-4-6-15/h2-6,16H,7-14H2,1H3/p+2/t16-/m0/s1. The molecule has 1 aromatic rings. The molecule has 0 unspecified atom stereocenters. The summed E-state index contributed by atoms with van der Waals surface area (Å²) in [5.74, 6) is -0.0628. The third-order valence-corrected chi connectivity index (χ3v) is 5.15. The van der Waals surface area contributed by atoms with Crippen LogP contribution in [0.4, 0.5) is 0 Å². The van der Waals surface area contributed by atoms with Gasteiger partial charge in [-0.1, -0.05) is 30.3 Å². The second-order valence-corrected chi connectivity index (χ2v) is 6.70. The lowest BCUT2D eigenvalue weighted by molar-refractivity contribution is -1.02. The Morgan fingerprint density at radius 2 is 1.83 bits per heavy atom. The number of piperazine rings is 1. The van der Waals surface area contributed by atoms with Crippen molar-refractivity contribution in [3.05, 3.63) is 35.9 Å². The van der Waals surface area contributed by atoms with Gasteiger partial charge in [-0.15, -0.1) is 0 Å². The molecule has 6 heteroatoms. The molecule has 0 radical (unpaired) electrons. The number of carbonyl (C=O) groups is 2. The summed E-state index contributed by atoms with van der Waals surface area (Å²) in [6.45, 7) is 5.80. The molecule has 1 aromatic carbocycles. The molecular weight excluding hydrogens is 306 g/mol. The number of rotatable bonds is 6. The molecule has 2 saturated heterocycles. The number of hydrogen-bond donors (Lipinski definition) is 2. The quantitative estimate of drug-likeness (QED) is 0.578. The fourth-order valence-electron chi connectivity index (χ4n) is 3.75. The fraction of sp³-hybridized carbons (Fsp3) is 0.556. The molecule has 2 amide bonds. The Labute approximate surface area is 143 Å². The number of nitrogens with one attached hydrogen (secondary N) is 2. The van der Waals surface area contributed by atoms with Crippen LogP contribution in [0.2, 0.25) is 0 Å². The molecule has 2 N–H and O–H groups in total. The topological polar surface area (TPSA) is 55.5 Å². The summed E-state index contributed by atoms with van der Waals surface area (Å²) in [7, 11) is 1.59. The van der Waals surface area contributed by atoms with Crippen molar-refractivity contribution in [3.63, 3.8) is 0 Å². The van der Waals surface area contributed by atoms with Crippen LogP contribution >= 0.6 is 0 Å². The van der Waals surface area contributed by atoms with Gasteiger partial charge in [0.25, 0.3) is 5.91 Å². The number of carbonyl (C=O) groups excluding carboxylic acids is 2. The first-order valence-corrected chi connectivity index (χ1v) is 8.74. The molecular formula is C18H27N3O3+2. The fourth-order valence-corrected chi connectivity index (χ4v) is 3.75. The van der Waals surface area contributed by atoms with E-state index in [1.165, 1.54) is 15.4 Å². The van der Waals surface area contributed by atoms with Crippen LogP contribution in [0.1, 0.15) is 12.0 Å². The van der Waals surface area contributed by atoms with Crippen molar-refractivity contribution >= 4 is 11.8 Å². The Morgan fingerprint density at radius 3 is 2.50 bits per heavy atom. The van der Waals surface area contributed by atoms with Crippen molar-refractivity contribution in [1.29, 1.82) is 0 Å². The van der Waals surface area contributed by atoms with Gasteiger partial charge in [0.05, 0.1) is 19.6 Å². The molecule has 3 rings (SSSR count). The molecule has 24 heavy (non-hydrogen) atoms. The Morgan fingerprint density at radius 1 is 1.12 bits per heavy atom. The normalized spacial score (nSPS) is 27.7. The second-order valence-electron chi connectivity index (χ2n) is 6.70. The van der Waals surface area contributed by atoms with Gasteiger partial charge >= 0.3 is 0 Å². The smallest absolute Gasteiger partial charge is 0.288 e. The minimum absolute atomic E-state index is 0.0152. The van der Waals surface area contributed by atoms with Crippen molar-refractivity contribution in [1.82, 2.24) is 4.90 Å². The van der Waals surface area contributed by atoms with Gasteiger partial charge < -0.3 is 14.5 Å². The Balaban J connectivity index is 1.51. The molecule has 130 valence electrons. The number of nitrogens with zero attached hydrogens (tertiary/aromatic N) is 1. The minimum atomic E-state index is -0.187. The molecule has 6 nitrogen and oxygen atoms in total. The van der Waals surface area contributed by atoms with Gasteiger partial charge in [-0.2, -0.15) is 0 Å². The summed E-state index contributed by atoms with van der Waals surface area (Å²) in [6, 6.07) is 10.3. The summed E-state index contributed by atoms with van der Waals surface area (Å²) in [5.41, 5.74) is 1.36. The van der Waals surface area contributed by atoms with Gasteiger partial charge in [-0.05, 0) is 0 Å². The van der Waals surface area contributed by atoms with Gasteiger partial charge in [-0.3, -0.25) is 14.5 Å². The Bertz CT molecular complexity index is 570. The van der Waals surface area contributed by atoms with Crippen LogP contribution in [0.25, 0.3) is 0 Å². The van der Waals surface area contributed by atoms with Gasteiger partial charge in [0.15, 0.2) is 6.04 Å². The number of methoxy groups -OCH3 is 1. The zero-order valence-electron chi connectivity index (χ0n) is 14.3. The number of benzene rings is 1. The van der Waals surface area contributed by atoms with Crippen molar-refractivity contribution in [2.24, 2.45) is 0 Å². The molecule has 0 spiro atoms. The maximum absolute atomic E-state index is 12.5. The van der Waals surface area contributed by atoms with Gasteiger partial charge in [0, 0.05) is 12.7 Å². The first-order valence-electron chi connectivity index (χ1n) is 8.74. The van der Waals surface area contributed by atoms with Crippen LogP contribution in [-0.4, -0.2) is 69.2 Å². The highest BCUT2D eigenvalue weighted by atomic mass is 16.5. The van der Waals surface area contributed by atoms with Crippen molar-refractivity contribution < 1.29 is 24.1 Å². The first-order chi connectivity index (χ1) is 11.7. The average molecular weight is 333 g/mol. The summed E-state index contributed by atoms with van der Waals surface area (Å²) in [4.78, 5) is 28.8. The number of hydrogen-bond acceptors (Lipinski definition) is 3. The van der Waals surface area contributed by atoms with Crippen LogP contribution in [-0.2, 0) is 20.9 Å². The zero-order valence-corrected chi connectivity index (χ0v) is 14.3. The van der Waals surface area contributed by atoms with E-state index in [2.05, 4.69) is 24.3 Å². The minimum Gasteiger partial charge on any atom is -0.383 e. The summed E-state index contributed by atoms with van der Waals surface area (Å²) >= 11 is 0. The Kier molecular flexibility index (Phi) is 5.60. The SMILES string of the molecule is COCCN1C(=O)C[C@H]([NH+]2CC[NH+](Cc3ccccc3)CC2)C1=O. The van der Waals surface area contributed by atoms with Gasteiger partial charge in [-0.25, -0.2) is 0 Å². The largest absolute Gasteiger partial charge is 0.383 e. The van der Waals surface area contributed by atoms with Crippen LogP contribution in [0.5, 0.6) is 0 Å². The third kappa shape index (κ3) is 3.83. The van der Waals surface area contributed by atoms with Crippen molar-refractivity contribution in [3.8, 4) is 0 Å². The molecule has 2 aliphatic rings. The highest BCUT2D eigenvalue weighted by molar-refractivity contribution is 6.04. The zero-order chi connectivity index (χ0) is 16.9. The summed E-state index contributed by atoms with van der Waals surface area (Å²) in [5, 5.41) is 0. The molecule has 0 bridgehead atoms. The third-order valence-electron chi connectivity index (χ3n) is 5.15. The van der Waals surface area contributed by atoms with Crippen molar-refractivity contribution in [2.45, 2.75) is 19.0 Å². The van der Waals surface area contributed by atoms with Crippen LogP contribution in [0.3, 0.4) is 0 Å². The lowest BCUT2D eigenvalue weighted by Crippen LogP contribution is -3.29. The summed E-state index contributed by atoms with van der Waals surface area (Å²) < 4.78 is 5.00. The molecule has 2 fully saturated rings. The predicted octanol–water partition coefficient (Wildman–Crippen LogP) is -2.26. The molecule has 0 aliphatic carbocycles. The van der Waals surface area contributed by atoms with E-state index in [1.807, 2.05) is 6.07 Å². The van der Waals surface area contributed by atoms with E-state index in [1.54, 1.807) is 12.0 Å². The van der Waals surface area contributed by atoms with E-state index in [4.69, 9.17) is 4.74 Å². The summed E-state index contributed by atoms with van der Waals surface area (Å²) in [6.07, 6.45) is 0.353. The van der Waals surface area contributed by atoms with Crippen molar-refractivity contribution in [2.75, 3.05) is 46.4 Å². The highest BCUT2D eigenvalue weighted by Gasteiger charge is 2.45. The van der Waals surface area contributed by atoms with Crippen LogP contribution in [0.15, 0.2) is 30.3 Å². The maximum atomic E-state index is 12.5. The number of ether oxygens (including phenoxy) is 1.